The number of alkyl halides is 3. The fourth-order valence-electron chi connectivity index (χ4n) is 3.99. The fraction of sp³-hybridized carbons (Fsp3) is 0.192. The van der Waals surface area contributed by atoms with Crippen molar-refractivity contribution in [2.45, 2.75) is 31.9 Å². The number of fused-ring (bicyclic) bond motifs is 1. The van der Waals surface area contributed by atoms with E-state index in [2.05, 4.69) is 9.97 Å². The molecule has 3 N–H and O–H groups in total. The van der Waals surface area contributed by atoms with Crippen molar-refractivity contribution in [2.75, 3.05) is 0 Å². The molecular weight excluding hydrogens is 547 g/mol. The van der Waals surface area contributed by atoms with Crippen LogP contribution in [0.5, 0.6) is 11.6 Å². The number of amides is 1. The minimum Gasteiger partial charge on any atom is -0.464 e. The third kappa shape index (κ3) is 5.95. The maximum absolute atomic E-state index is 14.0. The van der Waals surface area contributed by atoms with Crippen LogP contribution < -0.4 is 10.5 Å². The summed E-state index contributed by atoms with van der Waals surface area (Å²) in [4.78, 5) is 31.5. The van der Waals surface area contributed by atoms with E-state index in [-0.39, 0.29) is 44.9 Å². The van der Waals surface area contributed by atoms with Gasteiger partial charge in [0.25, 0.3) is 0 Å². The van der Waals surface area contributed by atoms with Crippen LogP contribution in [0.2, 0.25) is 19.6 Å². The highest BCUT2D eigenvalue weighted by molar-refractivity contribution is 6.69. The number of benzene rings is 2. The van der Waals surface area contributed by atoms with E-state index in [1.807, 2.05) is 25.7 Å². The fourth-order valence-corrected chi connectivity index (χ4v) is 4.87. The Morgan fingerprint density at radius 2 is 1.82 bits per heavy atom. The molecule has 2 heterocycles. The van der Waals surface area contributed by atoms with Crippen molar-refractivity contribution >= 4 is 31.2 Å². The van der Waals surface area contributed by atoms with Gasteiger partial charge in [0, 0.05) is 28.8 Å². The first kappa shape index (κ1) is 28.3. The van der Waals surface area contributed by atoms with Crippen molar-refractivity contribution in [3.8, 4) is 28.8 Å². The number of nitrogens with two attached hydrogens (primary N) is 1. The number of carbonyl (C=O) groups excluding carboxylic acids is 1. The van der Waals surface area contributed by atoms with Crippen LogP contribution in [0.3, 0.4) is 0 Å². The van der Waals surface area contributed by atoms with Crippen LogP contribution in [0.25, 0.3) is 22.0 Å². The van der Waals surface area contributed by atoms with E-state index in [0.717, 1.165) is 22.9 Å². The molecule has 0 aliphatic rings. The Hall–Kier alpha value is -4.74. The number of ether oxygens (including phenoxy) is 1. The molecule has 0 spiro atoms. The molecule has 14 heteroatoms. The molecule has 0 aliphatic carbocycles. The van der Waals surface area contributed by atoms with Gasteiger partial charge in [-0.15, -0.1) is 0 Å². The highest BCUT2D eigenvalue weighted by Gasteiger charge is 2.35. The monoisotopic (exact) mass is 569 g/mol. The number of halogens is 3. The standard InChI is InChI=1S/C26H22F3N5O5Si/c1-40(2,3)39-22(11-30)20-10-23(33-13-32-20)38-15-5-7-21-17(9-15)18(12-34(21)25(36)37)16-6-4-14(24(31)35)8-19(16)26(27,28)29/h4-10,12-13,22H,1-3H3,(H2,31,35)(H,36,37). The lowest BCUT2D eigenvalue weighted by Gasteiger charge is -2.21. The third-order valence-corrected chi connectivity index (χ3v) is 6.57. The second-order valence-corrected chi connectivity index (χ2v) is 14.1. The molecule has 206 valence electrons. The highest BCUT2D eigenvalue weighted by Crippen LogP contribution is 2.42. The van der Waals surface area contributed by atoms with E-state index in [1.54, 1.807) is 0 Å². The molecule has 40 heavy (non-hydrogen) atoms. The molecule has 0 aliphatic heterocycles. The number of aromatic nitrogens is 3. The number of carboxylic acid groups (broad SMARTS) is 1. The van der Waals surface area contributed by atoms with Gasteiger partial charge in [-0.05, 0) is 55.5 Å². The van der Waals surface area contributed by atoms with Crippen molar-refractivity contribution in [3.63, 3.8) is 0 Å². The molecule has 1 atom stereocenters. The van der Waals surface area contributed by atoms with Crippen LogP contribution in [0, 0.1) is 11.3 Å². The quantitative estimate of drug-likeness (QED) is 0.259. The summed E-state index contributed by atoms with van der Waals surface area (Å²) in [6.07, 6.45) is -5.01. The zero-order valence-electron chi connectivity index (χ0n) is 21.4. The van der Waals surface area contributed by atoms with Crippen molar-refractivity contribution < 1.29 is 37.0 Å². The van der Waals surface area contributed by atoms with Gasteiger partial charge in [-0.25, -0.2) is 14.8 Å². The molecule has 0 fully saturated rings. The number of hydrogen-bond acceptors (Lipinski definition) is 7. The van der Waals surface area contributed by atoms with Crippen LogP contribution >= 0.6 is 0 Å². The molecule has 2 aromatic heterocycles. The van der Waals surface area contributed by atoms with E-state index in [9.17, 15) is 33.1 Å². The minimum absolute atomic E-state index is 0.0322. The summed E-state index contributed by atoms with van der Waals surface area (Å²) in [6, 6.07) is 10.4. The second kappa shape index (κ2) is 10.4. The van der Waals surface area contributed by atoms with Crippen molar-refractivity contribution in [1.82, 2.24) is 14.5 Å². The molecular formula is C26H22F3N5O5Si. The normalized spacial score (nSPS) is 12.6. The average Bonchev–Trinajstić information content (AvgIpc) is 3.25. The van der Waals surface area contributed by atoms with Crippen molar-refractivity contribution in [3.05, 3.63) is 71.8 Å². The highest BCUT2D eigenvalue weighted by atomic mass is 28.4. The molecule has 0 radical (unpaired) electrons. The first-order valence-electron chi connectivity index (χ1n) is 11.6. The summed E-state index contributed by atoms with van der Waals surface area (Å²) in [5.74, 6) is -0.882. The predicted octanol–water partition coefficient (Wildman–Crippen LogP) is 5.95. The van der Waals surface area contributed by atoms with Crippen LogP contribution in [-0.2, 0) is 10.6 Å². The summed E-state index contributed by atoms with van der Waals surface area (Å²) >= 11 is 0. The molecule has 4 aromatic rings. The number of nitriles is 1. The topological polar surface area (TPSA) is 153 Å². The van der Waals surface area contributed by atoms with E-state index >= 15 is 0 Å². The molecule has 4 rings (SSSR count). The van der Waals surface area contributed by atoms with E-state index in [4.69, 9.17) is 14.9 Å². The average molecular weight is 570 g/mol. The van der Waals surface area contributed by atoms with Crippen LogP contribution in [0.15, 0.2) is 55.0 Å². The first-order chi connectivity index (χ1) is 18.7. The molecule has 0 bridgehead atoms. The number of rotatable bonds is 7. The van der Waals surface area contributed by atoms with Gasteiger partial charge in [0.1, 0.15) is 12.1 Å². The Labute approximate surface area is 226 Å². The molecule has 1 amide bonds. The zero-order valence-corrected chi connectivity index (χ0v) is 22.4. The lowest BCUT2D eigenvalue weighted by atomic mass is 9.96. The summed E-state index contributed by atoms with van der Waals surface area (Å²) in [5, 5.41) is 19.3. The van der Waals surface area contributed by atoms with E-state index in [1.165, 1.54) is 30.6 Å². The van der Waals surface area contributed by atoms with E-state index < -0.39 is 38.2 Å². The van der Waals surface area contributed by atoms with Gasteiger partial charge in [0.2, 0.25) is 11.8 Å². The Balaban J connectivity index is 1.82. The maximum Gasteiger partial charge on any atom is 0.417 e. The first-order valence-corrected chi connectivity index (χ1v) is 15.1. The van der Waals surface area contributed by atoms with Crippen LogP contribution in [0.4, 0.5) is 18.0 Å². The van der Waals surface area contributed by atoms with Gasteiger partial charge < -0.3 is 20.0 Å². The Morgan fingerprint density at radius 1 is 1.10 bits per heavy atom. The van der Waals surface area contributed by atoms with Gasteiger partial charge in [0.15, 0.2) is 14.4 Å². The Morgan fingerprint density at radius 3 is 2.42 bits per heavy atom. The van der Waals surface area contributed by atoms with Gasteiger partial charge >= 0.3 is 12.3 Å². The number of nitrogens with zero attached hydrogens (tertiary/aromatic N) is 4. The summed E-state index contributed by atoms with van der Waals surface area (Å²) < 4.78 is 54.4. The van der Waals surface area contributed by atoms with Crippen LogP contribution in [0.1, 0.15) is 27.7 Å². The Bertz CT molecular complexity index is 1670. The van der Waals surface area contributed by atoms with Crippen molar-refractivity contribution in [1.29, 1.82) is 5.26 Å². The number of carbonyl (C=O) groups is 2. The predicted molar refractivity (Wildman–Crippen MR) is 139 cm³/mol. The molecule has 0 saturated heterocycles. The molecule has 0 saturated carbocycles. The lowest BCUT2D eigenvalue weighted by molar-refractivity contribution is -0.137. The van der Waals surface area contributed by atoms with Gasteiger partial charge in [-0.3, -0.25) is 9.36 Å². The van der Waals surface area contributed by atoms with Gasteiger partial charge in [-0.2, -0.15) is 18.4 Å². The largest absolute Gasteiger partial charge is 0.464 e. The molecule has 10 nitrogen and oxygen atoms in total. The molecule has 2 aromatic carbocycles. The lowest BCUT2D eigenvalue weighted by Crippen LogP contribution is -2.27. The second-order valence-electron chi connectivity index (χ2n) is 9.62. The summed E-state index contributed by atoms with van der Waals surface area (Å²) in [6.45, 7) is 5.74. The SMILES string of the molecule is C[Si](C)(C)OC(C#N)c1cc(Oc2ccc3c(c2)c(-c2ccc(C(N)=O)cc2C(F)(F)F)cn3C(=O)O)ncn1. The van der Waals surface area contributed by atoms with Gasteiger partial charge in [0.05, 0.1) is 22.8 Å². The smallest absolute Gasteiger partial charge is 0.417 e. The number of hydrogen-bond donors (Lipinski definition) is 2. The zero-order chi connectivity index (χ0) is 29.4. The van der Waals surface area contributed by atoms with Crippen molar-refractivity contribution in [2.24, 2.45) is 5.73 Å². The summed E-state index contributed by atoms with van der Waals surface area (Å²) in [5.41, 5.74) is 3.59. The minimum atomic E-state index is -4.88. The van der Waals surface area contributed by atoms with Gasteiger partial charge in [-0.1, -0.05) is 6.07 Å². The molecule has 1 unspecified atom stereocenters. The Kier molecular flexibility index (Phi) is 7.37. The van der Waals surface area contributed by atoms with E-state index in [0.29, 0.717) is 6.07 Å². The van der Waals surface area contributed by atoms with Crippen LogP contribution in [-0.4, -0.2) is 40.0 Å². The maximum atomic E-state index is 14.0. The summed E-state index contributed by atoms with van der Waals surface area (Å²) in [7, 11) is -2.10. The third-order valence-electron chi connectivity index (χ3n) is 5.62. The number of primary amides is 1.